The SMILES string of the molecule is COc1ccc2c(/C=N/N=C/c3ccc(O)cc3)cc(=O)oc2c1. The van der Waals surface area contributed by atoms with Crippen LogP contribution in [0.1, 0.15) is 11.1 Å². The van der Waals surface area contributed by atoms with Crippen LogP contribution in [0.4, 0.5) is 0 Å². The summed E-state index contributed by atoms with van der Waals surface area (Å²) in [7, 11) is 1.54. The van der Waals surface area contributed by atoms with Gasteiger partial charge in [0.1, 0.15) is 17.1 Å². The second kappa shape index (κ2) is 6.78. The van der Waals surface area contributed by atoms with Gasteiger partial charge in [-0.1, -0.05) is 0 Å². The van der Waals surface area contributed by atoms with Crippen molar-refractivity contribution in [1.82, 2.24) is 0 Å². The van der Waals surface area contributed by atoms with E-state index in [9.17, 15) is 9.90 Å². The number of ether oxygens (including phenoxy) is 1. The lowest BCUT2D eigenvalue weighted by molar-refractivity contribution is 0.414. The molecule has 3 rings (SSSR count). The third-order valence-corrected chi connectivity index (χ3v) is 3.35. The molecule has 0 saturated carbocycles. The Balaban J connectivity index is 1.89. The van der Waals surface area contributed by atoms with E-state index < -0.39 is 5.63 Å². The molecule has 2 aromatic carbocycles. The molecule has 1 N–H and O–H groups in total. The molecule has 0 amide bonds. The van der Waals surface area contributed by atoms with E-state index >= 15 is 0 Å². The van der Waals surface area contributed by atoms with Crippen LogP contribution in [0, 0.1) is 0 Å². The lowest BCUT2D eigenvalue weighted by atomic mass is 10.1. The van der Waals surface area contributed by atoms with Crippen molar-refractivity contribution in [3.8, 4) is 11.5 Å². The molecule has 0 bridgehead atoms. The van der Waals surface area contributed by atoms with Crippen LogP contribution in [0.2, 0.25) is 0 Å². The number of phenols is 1. The quantitative estimate of drug-likeness (QED) is 0.455. The van der Waals surface area contributed by atoms with Crippen molar-refractivity contribution in [3.05, 3.63) is 70.1 Å². The minimum atomic E-state index is -0.472. The predicted molar refractivity (Wildman–Crippen MR) is 92.3 cm³/mol. The van der Waals surface area contributed by atoms with Gasteiger partial charge in [0.05, 0.1) is 19.5 Å². The van der Waals surface area contributed by atoms with Crippen LogP contribution < -0.4 is 10.4 Å². The van der Waals surface area contributed by atoms with E-state index in [2.05, 4.69) is 10.2 Å². The number of methoxy groups -OCH3 is 1. The van der Waals surface area contributed by atoms with Gasteiger partial charge in [0, 0.05) is 23.1 Å². The fourth-order valence-electron chi connectivity index (χ4n) is 2.16. The van der Waals surface area contributed by atoms with Crippen LogP contribution in [0.5, 0.6) is 11.5 Å². The van der Waals surface area contributed by atoms with Gasteiger partial charge in [-0.3, -0.25) is 0 Å². The Bertz CT molecular complexity index is 972. The zero-order chi connectivity index (χ0) is 16.9. The summed E-state index contributed by atoms with van der Waals surface area (Å²) in [5, 5.41) is 17.9. The van der Waals surface area contributed by atoms with Gasteiger partial charge in [-0.2, -0.15) is 10.2 Å². The first-order valence-corrected chi connectivity index (χ1v) is 7.13. The number of benzene rings is 2. The molecule has 0 fully saturated rings. The zero-order valence-electron chi connectivity index (χ0n) is 12.8. The third kappa shape index (κ3) is 3.49. The van der Waals surface area contributed by atoms with Crippen LogP contribution in [-0.4, -0.2) is 24.6 Å². The molecule has 0 aliphatic carbocycles. The van der Waals surface area contributed by atoms with Gasteiger partial charge in [0.25, 0.3) is 0 Å². The molecule has 0 aliphatic rings. The second-order valence-electron chi connectivity index (χ2n) is 4.96. The summed E-state index contributed by atoms with van der Waals surface area (Å²) in [6.45, 7) is 0. The summed E-state index contributed by atoms with van der Waals surface area (Å²) in [4.78, 5) is 11.7. The molecule has 6 heteroatoms. The molecule has 120 valence electrons. The number of rotatable bonds is 4. The highest BCUT2D eigenvalue weighted by atomic mass is 16.5. The van der Waals surface area contributed by atoms with E-state index in [0.717, 1.165) is 10.9 Å². The van der Waals surface area contributed by atoms with Crippen LogP contribution >= 0.6 is 0 Å². The summed E-state index contributed by atoms with van der Waals surface area (Å²) in [5.74, 6) is 0.790. The molecule has 1 aromatic heterocycles. The highest BCUT2D eigenvalue weighted by Gasteiger charge is 2.05. The maximum absolute atomic E-state index is 11.7. The molecule has 0 unspecified atom stereocenters. The summed E-state index contributed by atoms with van der Waals surface area (Å²) >= 11 is 0. The maximum atomic E-state index is 11.7. The van der Waals surface area contributed by atoms with Gasteiger partial charge in [0.2, 0.25) is 0 Å². The summed E-state index contributed by atoms with van der Waals surface area (Å²) in [6, 6.07) is 13.1. The van der Waals surface area contributed by atoms with E-state index in [-0.39, 0.29) is 5.75 Å². The molecule has 6 nitrogen and oxygen atoms in total. The van der Waals surface area contributed by atoms with E-state index in [1.54, 1.807) is 55.8 Å². The molecule has 3 aromatic rings. The molecule has 0 radical (unpaired) electrons. The fraction of sp³-hybridized carbons (Fsp3) is 0.0556. The summed E-state index contributed by atoms with van der Waals surface area (Å²) in [5.41, 5.74) is 1.35. The first-order chi connectivity index (χ1) is 11.7. The molecule has 0 atom stereocenters. The van der Waals surface area contributed by atoms with Gasteiger partial charge >= 0.3 is 5.63 Å². The molecule has 24 heavy (non-hydrogen) atoms. The average molecular weight is 322 g/mol. The maximum Gasteiger partial charge on any atom is 0.336 e. The Labute approximate surface area is 137 Å². The van der Waals surface area contributed by atoms with Crippen LogP contribution in [0.15, 0.2) is 67.9 Å². The largest absolute Gasteiger partial charge is 0.508 e. The predicted octanol–water partition coefficient (Wildman–Crippen LogP) is 2.96. The van der Waals surface area contributed by atoms with Crippen molar-refractivity contribution in [2.75, 3.05) is 7.11 Å². The van der Waals surface area contributed by atoms with Crippen molar-refractivity contribution in [2.24, 2.45) is 10.2 Å². The second-order valence-corrected chi connectivity index (χ2v) is 4.96. The Morgan fingerprint density at radius 3 is 2.54 bits per heavy atom. The van der Waals surface area contributed by atoms with Crippen molar-refractivity contribution in [3.63, 3.8) is 0 Å². The van der Waals surface area contributed by atoms with Crippen molar-refractivity contribution < 1.29 is 14.3 Å². The van der Waals surface area contributed by atoms with E-state index in [0.29, 0.717) is 16.9 Å². The normalized spacial score (nSPS) is 11.5. The minimum Gasteiger partial charge on any atom is -0.508 e. The number of fused-ring (bicyclic) bond motifs is 1. The van der Waals surface area contributed by atoms with Gasteiger partial charge in [-0.15, -0.1) is 0 Å². The first kappa shape index (κ1) is 15.5. The highest BCUT2D eigenvalue weighted by Crippen LogP contribution is 2.21. The third-order valence-electron chi connectivity index (χ3n) is 3.35. The fourth-order valence-corrected chi connectivity index (χ4v) is 2.16. The molecular weight excluding hydrogens is 308 g/mol. The van der Waals surface area contributed by atoms with Crippen molar-refractivity contribution in [1.29, 1.82) is 0 Å². The van der Waals surface area contributed by atoms with Gasteiger partial charge in [0.15, 0.2) is 0 Å². The topological polar surface area (TPSA) is 84.4 Å². The molecule has 0 spiro atoms. The van der Waals surface area contributed by atoms with Gasteiger partial charge < -0.3 is 14.3 Å². The van der Waals surface area contributed by atoms with Crippen LogP contribution in [0.3, 0.4) is 0 Å². The van der Waals surface area contributed by atoms with Crippen LogP contribution in [-0.2, 0) is 0 Å². The Kier molecular flexibility index (Phi) is 4.38. The number of hydrogen-bond donors (Lipinski definition) is 1. The van der Waals surface area contributed by atoms with E-state index in [1.165, 1.54) is 12.3 Å². The number of phenolic OH excluding ortho intramolecular Hbond substituents is 1. The average Bonchev–Trinajstić information content (AvgIpc) is 2.59. The zero-order valence-corrected chi connectivity index (χ0v) is 12.8. The standard InChI is InChI=1S/C18H14N2O4/c1-23-15-6-7-16-13(8-18(22)24-17(16)9-15)11-20-19-10-12-2-4-14(21)5-3-12/h2-11,21H,1H3/b19-10+,20-11+. The molecule has 0 saturated heterocycles. The van der Waals surface area contributed by atoms with E-state index in [1.807, 2.05) is 0 Å². The van der Waals surface area contributed by atoms with Gasteiger partial charge in [-0.25, -0.2) is 4.79 Å². The summed E-state index contributed by atoms with van der Waals surface area (Å²) < 4.78 is 10.3. The number of hydrogen-bond acceptors (Lipinski definition) is 6. The van der Waals surface area contributed by atoms with Gasteiger partial charge in [-0.05, 0) is 42.0 Å². The van der Waals surface area contributed by atoms with Crippen molar-refractivity contribution in [2.45, 2.75) is 0 Å². The first-order valence-electron chi connectivity index (χ1n) is 7.13. The van der Waals surface area contributed by atoms with Crippen molar-refractivity contribution >= 4 is 23.4 Å². The Morgan fingerprint density at radius 2 is 1.79 bits per heavy atom. The number of aromatic hydroxyl groups is 1. The highest BCUT2D eigenvalue weighted by molar-refractivity contribution is 5.97. The molecule has 0 aliphatic heterocycles. The monoisotopic (exact) mass is 322 g/mol. The summed E-state index contributed by atoms with van der Waals surface area (Å²) in [6.07, 6.45) is 3.04. The van der Waals surface area contributed by atoms with Crippen LogP contribution in [0.25, 0.3) is 11.0 Å². The Morgan fingerprint density at radius 1 is 1.04 bits per heavy atom. The number of nitrogens with zero attached hydrogens (tertiary/aromatic N) is 2. The molecular formula is C18H14N2O4. The smallest absolute Gasteiger partial charge is 0.336 e. The van der Waals surface area contributed by atoms with E-state index in [4.69, 9.17) is 9.15 Å². The lowest BCUT2D eigenvalue weighted by Crippen LogP contribution is -2.00. The Hall–Kier alpha value is -3.41. The molecule has 1 heterocycles. The minimum absolute atomic E-state index is 0.188. The lowest BCUT2D eigenvalue weighted by Gasteiger charge is -2.03.